The van der Waals surface area contributed by atoms with E-state index >= 15 is 0 Å². The molecular formula is C14H16N4O. The van der Waals surface area contributed by atoms with Crippen LogP contribution in [0.5, 0.6) is 0 Å². The Kier molecular flexibility index (Phi) is 2.58. The van der Waals surface area contributed by atoms with Gasteiger partial charge in [0.25, 0.3) is 0 Å². The maximum atomic E-state index is 5.68. The predicted molar refractivity (Wildman–Crippen MR) is 71.6 cm³/mol. The van der Waals surface area contributed by atoms with Gasteiger partial charge in [-0.2, -0.15) is 0 Å². The molecule has 1 fully saturated rings. The molecule has 3 aliphatic rings. The minimum atomic E-state index is 0.396. The number of fused-ring (bicyclic) bond motifs is 4. The van der Waals surface area contributed by atoms with E-state index in [0.717, 1.165) is 61.4 Å². The Morgan fingerprint density at radius 3 is 3.37 bits per heavy atom. The molecular weight excluding hydrogens is 240 g/mol. The predicted octanol–water partition coefficient (Wildman–Crippen LogP) is 0.304. The van der Waals surface area contributed by atoms with Gasteiger partial charge in [0, 0.05) is 31.5 Å². The summed E-state index contributed by atoms with van der Waals surface area (Å²) in [6, 6.07) is 2.51. The Bertz CT molecular complexity index is 652. The standard InChI is InChI=1S/C14H16N4O/c1-6-18-11(9-19-7-1)3-5-15-12-8-10-2-4-16-13(10)17-14(12)18/h2,4,8,11H,1,3,5-7,9H2/t11-/m1/s1. The lowest BCUT2D eigenvalue weighted by Crippen LogP contribution is -2.41. The van der Waals surface area contributed by atoms with Crippen molar-refractivity contribution in [3.05, 3.63) is 28.7 Å². The number of ether oxygens (including phenoxy) is 1. The van der Waals surface area contributed by atoms with Crippen molar-refractivity contribution in [2.24, 2.45) is 9.98 Å². The van der Waals surface area contributed by atoms with Crippen LogP contribution < -0.4 is 15.7 Å². The maximum absolute atomic E-state index is 5.68. The Balaban J connectivity index is 1.87. The molecule has 0 aromatic carbocycles. The van der Waals surface area contributed by atoms with Gasteiger partial charge in [-0.25, -0.2) is 9.98 Å². The second-order valence-corrected chi connectivity index (χ2v) is 5.13. The van der Waals surface area contributed by atoms with E-state index in [0.29, 0.717) is 6.04 Å². The average Bonchev–Trinajstić information content (AvgIpc) is 2.65. The van der Waals surface area contributed by atoms with Gasteiger partial charge in [0.2, 0.25) is 0 Å². The summed E-state index contributed by atoms with van der Waals surface area (Å²) in [5.41, 5.74) is 1.90. The van der Waals surface area contributed by atoms with Crippen LogP contribution in [0.4, 0.5) is 5.82 Å². The number of hydrogen-bond acceptors (Lipinski definition) is 5. The molecule has 0 aliphatic carbocycles. The largest absolute Gasteiger partial charge is 0.379 e. The number of pyridine rings is 1. The van der Waals surface area contributed by atoms with E-state index in [1.54, 1.807) is 6.20 Å². The molecule has 5 heteroatoms. The Morgan fingerprint density at radius 1 is 1.37 bits per heavy atom. The van der Waals surface area contributed by atoms with E-state index in [9.17, 15) is 0 Å². The summed E-state index contributed by atoms with van der Waals surface area (Å²) in [5.74, 6) is 0.985. The van der Waals surface area contributed by atoms with E-state index in [1.165, 1.54) is 0 Å². The summed E-state index contributed by atoms with van der Waals surface area (Å²) in [4.78, 5) is 16.1. The third-order valence-corrected chi connectivity index (χ3v) is 3.90. The van der Waals surface area contributed by atoms with Gasteiger partial charge in [-0.05, 0) is 25.0 Å². The van der Waals surface area contributed by atoms with Crippen LogP contribution in [-0.2, 0) is 4.74 Å². The first-order chi connectivity index (χ1) is 9.42. The normalized spacial score (nSPS) is 24.4. The molecule has 0 N–H and O–H groups in total. The van der Waals surface area contributed by atoms with Gasteiger partial charge in [0.1, 0.15) is 5.36 Å². The molecule has 1 saturated heterocycles. The molecule has 0 bridgehead atoms. The molecule has 19 heavy (non-hydrogen) atoms. The highest BCUT2D eigenvalue weighted by Gasteiger charge is 2.26. The maximum Gasteiger partial charge on any atom is 0.161 e. The fraction of sp³-hybridized carbons (Fsp3) is 0.500. The fourth-order valence-electron chi connectivity index (χ4n) is 2.92. The van der Waals surface area contributed by atoms with Crippen molar-refractivity contribution < 1.29 is 4.74 Å². The van der Waals surface area contributed by atoms with Gasteiger partial charge in [0.05, 0.1) is 12.6 Å². The Morgan fingerprint density at radius 2 is 2.37 bits per heavy atom. The summed E-state index contributed by atoms with van der Waals surface area (Å²) in [6.07, 6.45) is 5.88. The van der Waals surface area contributed by atoms with Crippen molar-refractivity contribution in [3.8, 4) is 0 Å². The molecule has 98 valence electrons. The van der Waals surface area contributed by atoms with Crippen molar-refractivity contribution in [2.45, 2.75) is 18.9 Å². The molecule has 1 atom stereocenters. The summed E-state index contributed by atoms with van der Waals surface area (Å²) in [7, 11) is 0. The summed E-state index contributed by atoms with van der Waals surface area (Å²) < 4.78 is 5.68. The van der Waals surface area contributed by atoms with Crippen molar-refractivity contribution in [3.63, 3.8) is 0 Å². The minimum Gasteiger partial charge on any atom is -0.379 e. The molecule has 4 rings (SSSR count). The van der Waals surface area contributed by atoms with Crippen LogP contribution in [0, 0.1) is 0 Å². The number of aromatic nitrogens is 1. The zero-order valence-corrected chi connectivity index (χ0v) is 10.7. The van der Waals surface area contributed by atoms with E-state index in [1.807, 2.05) is 6.08 Å². The van der Waals surface area contributed by atoms with Gasteiger partial charge in [-0.15, -0.1) is 0 Å². The van der Waals surface area contributed by atoms with Gasteiger partial charge in [0.15, 0.2) is 11.3 Å². The first-order valence-electron chi connectivity index (χ1n) is 6.86. The van der Waals surface area contributed by atoms with Crippen molar-refractivity contribution in [1.29, 1.82) is 0 Å². The summed E-state index contributed by atoms with van der Waals surface area (Å²) in [5, 5.41) is 1.00. The highest BCUT2D eigenvalue weighted by atomic mass is 16.5. The molecule has 4 heterocycles. The second kappa shape index (κ2) is 4.42. The van der Waals surface area contributed by atoms with Crippen molar-refractivity contribution >= 4 is 11.9 Å². The zero-order valence-electron chi connectivity index (χ0n) is 10.7. The van der Waals surface area contributed by atoms with Crippen molar-refractivity contribution in [1.82, 2.24) is 4.98 Å². The topological polar surface area (TPSA) is 50.1 Å². The van der Waals surface area contributed by atoms with Gasteiger partial charge in [-0.3, -0.25) is 4.99 Å². The van der Waals surface area contributed by atoms with Crippen LogP contribution in [0.1, 0.15) is 18.4 Å². The lowest BCUT2D eigenvalue weighted by Gasteiger charge is -2.28. The fourth-order valence-corrected chi connectivity index (χ4v) is 2.92. The van der Waals surface area contributed by atoms with E-state index < -0.39 is 0 Å². The zero-order chi connectivity index (χ0) is 12.7. The third kappa shape index (κ3) is 1.85. The SMILES string of the molecule is C1=Cc2cc3c(nc2=N1)N1CCCOC[C@H]1CCN=3. The van der Waals surface area contributed by atoms with Crippen LogP contribution in [-0.4, -0.2) is 37.3 Å². The van der Waals surface area contributed by atoms with Gasteiger partial charge in [-0.1, -0.05) is 0 Å². The van der Waals surface area contributed by atoms with Gasteiger partial charge < -0.3 is 9.64 Å². The Hall–Kier alpha value is -1.75. The van der Waals surface area contributed by atoms with Gasteiger partial charge >= 0.3 is 0 Å². The van der Waals surface area contributed by atoms with Crippen LogP contribution in [0.15, 0.2) is 22.3 Å². The summed E-state index contributed by atoms with van der Waals surface area (Å²) >= 11 is 0. The summed E-state index contributed by atoms with van der Waals surface area (Å²) in [6.45, 7) is 3.46. The van der Waals surface area contributed by atoms with Crippen LogP contribution >= 0.6 is 0 Å². The highest BCUT2D eigenvalue weighted by Crippen LogP contribution is 2.18. The number of hydrogen-bond donors (Lipinski definition) is 0. The molecule has 1 aromatic rings. The first-order valence-corrected chi connectivity index (χ1v) is 6.86. The second-order valence-electron chi connectivity index (χ2n) is 5.13. The van der Waals surface area contributed by atoms with Crippen molar-refractivity contribution in [2.75, 3.05) is 31.2 Å². The number of rotatable bonds is 0. The molecule has 0 amide bonds. The quantitative estimate of drug-likeness (QED) is 0.671. The molecule has 0 spiro atoms. The monoisotopic (exact) mass is 256 g/mol. The molecule has 0 saturated carbocycles. The van der Waals surface area contributed by atoms with Crippen LogP contribution in [0.25, 0.3) is 6.08 Å². The number of nitrogens with zero attached hydrogens (tertiary/aromatic N) is 4. The van der Waals surface area contributed by atoms with Crippen LogP contribution in [0.2, 0.25) is 0 Å². The molecule has 1 aromatic heterocycles. The molecule has 5 nitrogen and oxygen atoms in total. The van der Waals surface area contributed by atoms with E-state index in [4.69, 9.17) is 9.72 Å². The minimum absolute atomic E-state index is 0.396. The first kappa shape index (κ1) is 11.1. The average molecular weight is 256 g/mol. The Labute approximate surface area is 111 Å². The van der Waals surface area contributed by atoms with E-state index in [2.05, 4.69) is 21.0 Å². The highest BCUT2D eigenvalue weighted by molar-refractivity contribution is 5.53. The van der Waals surface area contributed by atoms with Crippen LogP contribution in [0.3, 0.4) is 0 Å². The molecule has 0 unspecified atom stereocenters. The lowest BCUT2D eigenvalue weighted by molar-refractivity contribution is 0.133. The molecule has 0 radical (unpaired) electrons. The molecule has 3 aliphatic heterocycles. The smallest absolute Gasteiger partial charge is 0.161 e. The number of anilines is 1. The van der Waals surface area contributed by atoms with E-state index in [-0.39, 0.29) is 0 Å². The lowest BCUT2D eigenvalue weighted by atomic mass is 10.2. The third-order valence-electron chi connectivity index (χ3n) is 3.90.